The number of rotatable bonds is 4. The molecule has 0 heterocycles. The number of carbonyl (C=O) groups is 3. The van der Waals surface area contributed by atoms with E-state index in [1.54, 1.807) is 19.9 Å². The number of nitrogens with zero attached hydrogens (tertiary/aromatic N) is 1. The number of nitriles is 1. The van der Waals surface area contributed by atoms with Gasteiger partial charge in [-0.05, 0) is 75.0 Å². The van der Waals surface area contributed by atoms with Crippen molar-refractivity contribution in [2.75, 3.05) is 6.61 Å². The van der Waals surface area contributed by atoms with Crippen LogP contribution in [0.5, 0.6) is 0 Å². The maximum atomic E-state index is 17.5. The van der Waals surface area contributed by atoms with Crippen molar-refractivity contribution >= 4 is 17.9 Å². The molecule has 0 spiro atoms. The number of hydrogen-bond donors (Lipinski definition) is 1. The lowest BCUT2D eigenvalue weighted by molar-refractivity contribution is -0.234. The van der Waals surface area contributed by atoms with E-state index in [1.807, 2.05) is 6.92 Å². The number of aliphatic hydroxyl groups is 1. The first-order chi connectivity index (χ1) is 19.3. The lowest BCUT2D eigenvalue weighted by Gasteiger charge is -2.62. The smallest absolute Gasteiger partial charge is 0.447 e. The van der Waals surface area contributed by atoms with E-state index >= 15 is 8.78 Å². The molecule has 10 heteroatoms. The summed E-state index contributed by atoms with van der Waals surface area (Å²) in [5.41, 5.74) is -7.32. The van der Waals surface area contributed by atoms with Gasteiger partial charge >= 0.3 is 12.1 Å². The lowest BCUT2D eigenvalue weighted by Crippen LogP contribution is -2.71. The molecule has 4 saturated carbocycles. The molecule has 0 amide bonds. The average molecular weight is 576 g/mol. The monoisotopic (exact) mass is 575 g/mol. The molecule has 8 nitrogen and oxygen atoms in total. The predicted molar refractivity (Wildman–Crippen MR) is 141 cm³/mol. The van der Waals surface area contributed by atoms with E-state index in [4.69, 9.17) is 19.5 Å². The number of ether oxygens (including phenoxy) is 3. The molecule has 0 saturated heterocycles. The van der Waals surface area contributed by atoms with Crippen LogP contribution in [0.1, 0.15) is 72.6 Å². The molecule has 11 atom stereocenters. The Kier molecular flexibility index (Phi) is 7.37. The quantitative estimate of drug-likeness (QED) is 0.460. The van der Waals surface area contributed by atoms with Crippen molar-refractivity contribution < 1.29 is 42.5 Å². The highest BCUT2D eigenvalue weighted by Gasteiger charge is 2.79. The zero-order valence-corrected chi connectivity index (χ0v) is 24.0. The zero-order valence-electron chi connectivity index (χ0n) is 24.0. The Morgan fingerprint density at radius 1 is 1.17 bits per heavy atom. The summed E-state index contributed by atoms with van der Waals surface area (Å²) in [6.07, 6.45) is 1.90. The number of alkyl halides is 2. The third-order valence-corrected chi connectivity index (χ3v) is 11.3. The van der Waals surface area contributed by atoms with Crippen molar-refractivity contribution in [3.8, 4) is 6.07 Å². The topological polar surface area (TPSA) is 123 Å². The van der Waals surface area contributed by atoms with Crippen LogP contribution in [0.25, 0.3) is 0 Å². The minimum Gasteiger partial charge on any atom is -0.447 e. The lowest BCUT2D eigenvalue weighted by atomic mass is 9.44. The van der Waals surface area contributed by atoms with E-state index in [9.17, 15) is 19.5 Å². The van der Waals surface area contributed by atoms with Crippen LogP contribution < -0.4 is 0 Å². The molecule has 0 aliphatic heterocycles. The Labute approximate surface area is 239 Å². The van der Waals surface area contributed by atoms with Crippen LogP contribution in [-0.2, 0) is 23.8 Å². The highest BCUT2D eigenvalue weighted by Crippen LogP contribution is 2.71. The normalized spacial score (nSPS) is 46.7. The summed E-state index contributed by atoms with van der Waals surface area (Å²) >= 11 is 0. The molecule has 0 radical (unpaired) electrons. The number of esters is 1. The molecule has 0 aromatic carbocycles. The standard InChI is InChI=1S/C31H39F2NO7/c1-17-7-5-6-8-24(17)40-27(38)41-31(26(37)39-12-11-34)18(2)13-20-21-15-23(32)22-14-19(35)9-10-28(22,3)30(21,33)25(36)16-29(20,31)4/h9-10,14,17-18,20-21,23-25,36H,5-8,12-13,15-16H2,1-4H3/t17-,18-,20+,21+,23+,24+,25+,28+,29+,30+,31+/m1/s1. The van der Waals surface area contributed by atoms with Crippen LogP contribution in [0.4, 0.5) is 13.6 Å². The van der Waals surface area contributed by atoms with Gasteiger partial charge in [0.25, 0.3) is 0 Å². The van der Waals surface area contributed by atoms with Gasteiger partial charge in [0.05, 0.1) is 6.10 Å². The van der Waals surface area contributed by atoms with E-state index in [2.05, 4.69) is 0 Å². The fourth-order valence-electron chi connectivity index (χ4n) is 9.16. The fraction of sp³-hybridized carbons (Fsp3) is 0.742. The Morgan fingerprint density at radius 3 is 2.56 bits per heavy atom. The average Bonchev–Trinajstić information content (AvgIpc) is 3.13. The Bertz CT molecular complexity index is 1230. The van der Waals surface area contributed by atoms with Gasteiger partial charge in [-0.1, -0.05) is 33.3 Å². The summed E-state index contributed by atoms with van der Waals surface area (Å²) in [5, 5.41) is 20.7. The van der Waals surface area contributed by atoms with Gasteiger partial charge in [0, 0.05) is 22.7 Å². The highest BCUT2D eigenvalue weighted by molar-refractivity contribution is 6.01. The van der Waals surface area contributed by atoms with Crippen LogP contribution in [0.3, 0.4) is 0 Å². The number of ketones is 1. The van der Waals surface area contributed by atoms with Gasteiger partial charge in [0.1, 0.15) is 18.3 Å². The Balaban J connectivity index is 1.56. The second kappa shape index (κ2) is 10.2. The van der Waals surface area contributed by atoms with Crippen molar-refractivity contribution in [3.63, 3.8) is 0 Å². The second-order valence-corrected chi connectivity index (χ2v) is 13.2. The zero-order chi connectivity index (χ0) is 30.0. The van der Waals surface area contributed by atoms with Gasteiger partial charge in [-0.2, -0.15) is 5.26 Å². The van der Waals surface area contributed by atoms with Gasteiger partial charge in [-0.25, -0.2) is 18.4 Å². The summed E-state index contributed by atoms with van der Waals surface area (Å²) < 4.78 is 50.3. The number of aliphatic hydroxyl groups excluding tert-OH is 1. The maximum absolute atomic E-state index is 17.5. The van der Waals surface area contributed by atoms with Crippen molar-refractivity contribution in [1.29, 1.82) is 5.26 Å². The predicted octanol–water partition coefficient (Wildman–Crippen LogP) is 5.09. The minimum absolute atomic E-state index is 0.00132. The summed E-state index contributed by atoms with van der Waals surface area (Å²) in [6, 6.07) is 1.75. The molecule has 5 aliphatic carbocycles. The third kappa shape index (κ3) is 4.09. The van der Waals surface area contributed by atoms with E-state index in [0.717, 1.165) is 25.3 Å². The first-order valence-electron chi connectivity index (χ1n) is 14.7. The molecule has 0 aromatic heterocycles. The molecule has 0 unspecified atom stereocenters. The summed E-state index contributed by atoms with van der Waals surface area (Å²) in [6.45, 7) is 6.22. The summed E-state index contributed by atoms with van der Waals surface area (Å²) in [7, 11) is 0. The number of fused-ring (bicyclic) bond motifs is 5. The molecule has 0 aromatic rings. The number of hydrogen-bond acceptors (Lipinski definition) is 8. The molecular formula is C31H39F2NO7. The first-order valence-corrected chi connectivity index (χ1v) is 14.7. The summed E-state index contributed by atoms with van der Waals surface area (Å²) in [5.74, 6) is -3.80. The molecular weight excluding hydrogens is 536 g/mol. The van der Waals surface area contributed by atoms with Crippen LogP contribution in [0, 0.1) is 45.8 Å². The van der Waals surface area contributed by atoms with Gasteiger partial charge < -0.3 is 19.3 Å². The van der Waals surface area contributed by atoms with Gasteiger partial charge in [-0.3, -0.25) is 4.79 Å². The largest absolute Gasteiger partial charge is 0.509 e. The maximum Gasteiger partial charge on any atom is 0.509 e. The van der Waals surface area contributed by atoms with Crippen molar-refractivity contribution in [2.24, 2.45) is 34.5 Å². The third-order valence-electron chi connectivity index (χ3n) is 11.3. The molecule has 1 N–H and O–H groups in total. The SMILES string of the molecule is C[C@@H]1CCCC[C@@H]1OC(=O)O[C@]1(C(=O)OCC#N)[C@H](C)C[C@H]2[C@@H]3C[C@H](F)C4=CC(=O)C=C[C@]4(C)[C@@]3(F)[C@@H](O)C[C@@]21C. The number of allylic oxidation sites excluding steroid dienone is 4. The van der Waals surface area contributed by atoms with Crippen LogP contribution in [0.2, 0.25) is 0 Å². The second-order valence-electron chi connectivity index (χ2n) is 13.2. The van der Waals surface area contributed by atoms with Crippen LogP contribution in [-0.4, -0.2) is 59.3 Å². The molecule has 224 valence electrons. The minimum atomic E-state index is -2.35. The van der Waals surface area contributed by atoms with Crippen molar-refractivity contribution in [3.05, 3.63) is 23.8 Å². The molecule has 5 rings (SSSR count). The van der Waals surface area contributed by atoms with E-state index in [0.29, 0.717) is 6.42 Å². The molecule has 5 aliphatic rings. The Morgan fingerprint density at radius 2 is 1.88 bits per heavy atom. The molecule has 41 heavy (non-hydrogen) atoms. The first kappa shape index (κ1) is 29.7. The fourth-order valence-corrected chi connectivity index (χ4v) is 9.16. The van der Waals surface area contributed by atoms with Crippen molar-refractivity contribution in [1.82, 2.24) is 0 Å². The van der Waals surface area contributed by atoms with E-state index in [-0.39, 0.29) is 30.8 Å². The van der Waals surface area contributed by atoms with Gasteiger partial charge in [-0.15, -0.1) is 0 Å². The van der Waals surface area contributed by atoms with Gasteiger partial charge in [0.2, 0.25) is 5.60 Å². The number of carbonyl (C=O) groups excluding carboxylic acids is 3. The van der Waals surface area contributed by atoms with Gasteiger partial charge in [0.15, 0.2) is 18.1 Å². The Hall–Kier alpha value is -2.80. The molecule has 4 fully saturated rings. The van der Waals surface area contributed by atoms with E-state index < -0.39 is 82.7 Å². The highest BCUT2D eigenvalue weighted by atomic mass is 19.1. The van der Waals surface area contributed by atoms with E-state index in [1.165, 1.54) is 19.1 Å². The molecule has 0 bridgehead atoms. The summed E-state index contributed by atoms with van der Waals surface area (Å²) in [4.78, 5) is 39.2. The van der Waals surface area contributed by atoms with Crippen LogP contribution >= 0.6 is 0 Å². The number of halogens is 2. The van der Waals surface area contributed by atoms with Crippen molar-refractivity contribution in [2.45, 2.75) is 102 Å². The van der Waals surface area contributed by atoms with Crippen LogP contribution in [0.15, 0.2) is 23.8 Å².